The van der Waals surface area contributed by atoms with Crippen LogP contribution >= 0.6 is 0 Å². The van der Waals surface area contributed by atoms with Crippen LogP contribution in [0.15, 0.2) is 36.4 Å². The van der Waals surface area contributed by atoms with Gasteiger partial charge in [-0.15, -0.1) is 0 Å². The lowest BCUT2D eigenvalue weighted by atomic mass is 9.98. The van der Waals surface area contributed by atoms with Gasteiger partial charge in [0.2, 0.25) is 0 Å². The number of hydrogen-bond acceptors (Lipinski definition) is 4. The highest BCUT2D eigenvalue weighted by atomic mass is 19.1. The Kier molecular flexibility index (Phi) is 5.05. The summed E-state index contributed by atoms with van der Waals surface area (Å²) in [5.41, 5.74) is 4.88. The van der Waals surface area contributed by atoms with Crippen molar-refractivity contribution in [3.63, 3.8) is 0 Å². The Morgan fingerprint density at radius 3 is 2.77 bits per heavy atom. The number of benzene rings is 2. The number of hydrogen-bond donors (Lipinski definition) is 1. The van der Waals surface area contributed by atoms with Gasteiger partial charge in [0.05, 0.1) is 5.57 Å². The van der Waals surface area contributed by atoms with Crippen LogP contribution in [0.1, 0.15) is 42.0 Å². The zero-order chi connectivity index (χ0) is 20.7. The first kappa shape index (κ1) is 19.3. The minimum absolute atomic E-state index is 0.244. The van der Waals surface area contributed by atoms with Gasteiger partial charge < -0.3 is 10.1 Å². The van der Waals surface area contributed by atoms with Crippen LogP contribution in [-0.4, -0.2) is 42.1 Å². The number of carbonyl (C=O) groups is 1. The first-order valence-corrected chi connectivity index (χ1v) is 10.7. The number of rotatable bonds is 5. The molecular formula is C24H26FN3O2. The molecule has 5 nitrogen and oxygen atoms in total. The van der Waals surface area contributed by atoms with Gasteiger partial charge in [-0.3, -0.25) is 4.79 Å². The average Bonchev–Trinajstić information content (AvgIpc) is 3.47. The van der Waals surface area contributed by atoms with Crippen molar-refractivity contribution >= 4 is 22.9 Å². The topological polar surface area (TPSA) is 44.8 Å². The summed E-state index contributed by atoms with van der Waals surface area (Å²) in [5.74, 6) is -0.0622. The highest BCUT2D eigenvalue weighted by Gasteiger charge is 2.32. The SMILES string of the molecule is CCN(CCc1ccc2c(c1)COC2=C1C(=O)Nc2ccc(F)cc21)N1CCCC1. The first-order chi connectivity index (χ1) is 14.6. The van der Waals surface area contributed by atoms with E-state index in [-0.39, 0.29) is 11.7 Å². The van der Waals surface area contributed by atoms with E-state index in [1.165, 1.54) is 30.5 Å². The van der Waals surface area contributed by atoms with Gasteiger partial charge in [0.25, 0.3) is 5.91 Å². The third-order valence-corrected chi connectivity index (χ3v) is 6.25. The minimum Gasteiger partial charge on any atom is -0.487 e. The molecule has 0 bridgehead atoms. The van der Waals surface area contributed by atoms with Crippen LogP contribution in [0, 0.1) is 5.82 Å². The molecule has 2 aromatic rings. The number of anilines is 1. The molecule has 156 valence electrons. The molecule has 1 fully saturated rings. The van der Waals surface area contributed by atoms with E-state index in [2.05, 4.69) is 34.4 Å². The summed E-state index contributed by atoms with van der Waals surface area (Å²) in [7, 11) is 0. The fourth-order valence-electron chi connectivity index (χ4n) is 4.68. The number of fused-ring (bicyclic) bond motifs is 2. The van der Waals surface area contributed by atoms with Crippen molar-refractivity contribution in [2.24, 2.45) is 0 Å². The number of halogens is 1. The Bertz CT molecular complexity index is 1030. The molecule has 0 radical (unpaired) electrons. The maximum Gasteiger partial charge on any atom is 0.260 e. The number of ether oxygens (including phenoxy) is 1. The zero-order valence-corrected chi connectivity index (χ0v) is 17.2. The highest BCUT2D eigenvalue weighted by Crippen LogP contribution is 2.41. The Morgan fingerprint density at radius 1 is 1.13 bits per heavy atom. The lowest BCUT2D eigenvalue weighted by Crippen LogP contribution is -2.41. The number of hydrazine groups is 1. The van der Waals surface area contributed by atoms with Crippen molar-refractivity contribution in [2.75, 3.05) is 31.5 Å². The molecule has 1 saturated heterocycles. The molecule has 0 atom stereocenters. The first-order valence-electron chi connectivity index (χ1n) is 10.7. The summed E-state index contributed by atoms with van der Waals surface area (Å²) in [6.07, 6.45) is 3.54. The van der Waals surface area contributed by atoms with Crippen LogP contribution in [0.25, 0.3) is 11.3 Å². The molecule has 6 heteroatoms. The molecule has 30 heavy (non-hydrogen) atoms. The molecule has 0 unspecified atom stereocenters. The molecule has 3 aliphatic rings. The van der Waals surface area contributed by atoms with Crippen molar-refractivity contribution in [2.45, 2.75) is 32.8 Å². The Labute approximate surface area is 176 Å². The summed E-state index contributed by atoms with van der Waals surface area (Å²) >= 11 is 0. The molecule has 0 aliphatic carbocycles. The average molecular weight is 407 g/mol. The van der Waals surface area contributed by atoms with E-state index in [4.69, 9.17) is 4.74 Å². The van der Waals surface area contributed by atoms with E-state index in [1.807, 2.05) is 6.07 Å². The van der Waals surface area contributed by atoms with Crippen molar-refractivity contribution in [3.05, 3.63) is 64.5 Å². The van der Waals surface area contributed by atoms with Gasteiger partial charge in [-0.25, -0.2) is 14.4 Å². The number of likely N-dealkylation sites (N-methyl/N-ethyl adjacent to an activating group) is 1. The second-order valence-electron chi connectivity index (χ2n) is 8.09. The van der Waals surface area contributed by atoms with Gasteiger partial charge in [0, 0.05) is 48.6 Å². The molecule has 3 aliphatic heterocycles. The molecule has 1 N–H and O–H groups in total. The predicted molar refractivity (Wildman–Crippen MR) is 115 cm³/mol. The fourth-order valence-corrected chi connectivity index (χ4v) is 4.68. The fraction of sp³-hybridized carbons (Fsp3) is 0.375. The van der Waals surface area contributed by atoms with Gasteiger partial charge in [-0.2, -0.15) is 0 Å². The number of carbonyl (C=O) groups excluding carboxylic acids is 1. The van der Waals surface area contributed by atoms with Gasteiger partial charge in [-0.05, 0) is 43.0 Å². The van der Waals surface area contributed by atoms with Crippen LogP contribution in [0.5, 0.6) is 0 Å². The molecular weight excluding hydrogens is 381 g/mol. The molecule has 2 aromatic carbocycles. The van der Waals surface area contributed by atoms with Gasteiger partial charge in [-0.1, -0.05) is 25.1 Å². The van der Waals surface area contributed by atoms with Gasteiger partial charge >= 0.3 is 0 Å². The lowest BCUT2D eigenvalue weighted by Gasteiger charge is -2.30. The van der Waals surface area contributed by atoms with Gasteiger partial charge in [0.15, 0.2) is 0 Å². The van der Waals surface area contributed by atoms with Crippen molar-refractivity contribution < 1.29 is 13.9 Å². The van der Waals surface area contributed by atoms with Crippen molar-refractivity contribution in [1.29, 1.82) is 0 Å². The second kappa shape index (κ2) is 7.85. The van der Waals surface area contributed by atoms with Crippen molar-refractivity contribution in [1.82, 2.24) is 10.0 Å². The molecule has 0 spiro atoms. The lowest BCUT2D eigenvalue weighted by molar-refractivity contribution is -0.110. The Morgan fingerprint density at radius 2 is 1.97 bits per heavy atom. The standard InChI is InChI=1S/C24H26FN3O2/c1-2-27(28-10-3-4-11-28)12-9-16-5-7-19-17(13-16)15-30-23(19)22-20-14-18(25)6-8-21(20)26-24(22)29/h5-8,13-14H,2-4,9-12,15H2,1H3,(H,26,29). The monoisotopic (exact) mass is 407 g/mol. The molecule has 0 saturated carbocycles. The third-order valence-electron chi connectivity index (χ3n) is 6.25. The van der Waals surface area contributed by atoms with Crippen LogP contribution in [0.4, 0.5) is 10.1 Å². The highest BCUT2D eigenvalue weighted by molar-refractivity contribution is 6.36. The number of amides is 1. The zero-order valence-electron chi connectivity index (χ0n) is 17.2. The summed E-state index contributed by atoms with van der Waals surface area (Å²) in [4.78, 5) is 12.6. The van der Waals surface area contributed by atoms with Crippen molar-refractivity contribution in [3.8, 4) is 0 Å². The summed E-state index contributed by atoms with van der Waals surface area (Å²) in [6, 6.07) is 10.7. The van der Waals surface area contributed by atoms with Crippen LogP contribution < -0.4 is 5.32 Å². The minimum atomic E-state index is -0.365. The quantitative estimate of drug-likeness (QED) is 0.760. The van der Waals surface area contributed by atoms with Crippen LogP contribution in [0.2, 0.25) is 0 Å². The van der Waals surface area contributed by atoms with E-state index < -0.39 is 0 Å². The summed E-state index contributed by atoms with van der Waals surface area (Å²) in [5, 5.41) is 7.72. The molecule has 3 heterocycles. The van der Waals surface area contributed by atoms with Gasteiger partial charge in [0.1, 0.15) is 18.2 Å². The molecule has 5 rings (SSSR count). The Balaban J connectivity index is 1.39. The van der Waals surface area contributed by atoms with Crippen LogP contribution in [-0.2, 0) is 22.6 Å². The summed E-state index contributed by atoms with van der Waals surface area (Å²) in [6.45, 7) is 6.98. The van der Waals surface area contributed by atoms with E-state index >= 15 is 0 Å². The normalized spacial score (nSPS) is 20.4. The van der Waals surface area contributed by atoms with E-state index in [0.29, 0.717) is 29.2 Å². The number of nitrogens with one attached hydrogen (secondary N) is 1. The second-order valence-corrected chi connectivity index (χ2v) is 8.09. The maximum absolute atomic E-state index is 13.8. The summed E-state index contributed by atoms with van der Waals surface area (Å²) < 4.78 is 19.7. The predicted octanol–water partition coefficient (Wildman–Crippen LogP) is 4.05. The third kappa shape index (κ3) is 3.40. The number of nitrogens with zero attached hydrogens (tertiary/aromatic N) is 2. The molecule has 0 aromatic heterocycles. The largest absolute Gasteiger partial charge is 0.487 e. The van der Waals surface area contributed by atoms with Crippen LogP contribution in [0.3, 0.4) is 0 Å². The Hall–Kier alpha value is -2.70. The van der Waals surface area contributed by atoms with E-state index in [1.54, 1.807) is 6.07 Å². The smallest absolute Gasteiger partial charge is 0.260 e. The maximum atomic E-state index is 13.8. The van der Waals surface area contributed by atoms with E-state index in [0.717, 1.165) is 43.7 Å². The van der Waals surface area contributed by atoms with E-state index in [9.17, 15) is 9.18 Å². The molecule has 1 amide bonds.